The Labute approximate surface area is 126 Å². The molecule has 0 saturated carbocycles. The summed E-state index contributed by atoms with van der Waals surface area (Å²) < 4.78 is 2.27. The molecular formula is C17H24N4. The van der Waals surface area contributed by atoms with Gasteiger partial charge in [0.2, 0.25) is 0 Å². The van der Waals surface area contributed by atoms with Crippen molar-refractivity contribution in [2.75, 3.05) is 19.6 Å². The molecule has 3 rings (SSSR count). The maximum atomic E-state index is 4.56. The van der Waals surface area contributed by atoms with E-state index in [0.717, 1.165) is 32.0 Å². The Hall–Kier alpha value is -1.65. The lowest BCUT2D eigenvalue weighted by Crippen LogP contribution is -2.45. The van der Waals surface area contributed by atoms with Gasteiger partial charge in [-0.25, -0.2) is 4.98 Å². The molecule has 1 aromatic carbocycles. The molecule has 1 saturated heterocycles. The summed E-state index contributed by atoms with van der Waals surface area (Å²) in [5.74, 6) is 1.16. The molecule has 1 aliphatic rings. The summed E-state index contributed by atoms with van der Waals surface area (Å²) in [6.45, 7) is 8.43. The molecule has 1 aromatic heterocycles. The zero-order chi connectivity index (χ0) is 14.7. The van der Waals surface area contributed by atoms with E-state index in [4.69, 9.17) is 0 Å². The van der Waals surface area contributed by atoms with Crippen molar-refractivity contribution in [3.05, 3.63) is 54.1 Å². The first-order chi connectivity index (χ1) is 10.3. The second-order valence-electron chi connectivity index (χ2n) is 5.95. The van der Waals surface area contributed by atoms with Crippen LogP contribution in [0, 0.1) is 0 Å². The van der Waals surface area contributed by atoms with E-state index in [1.54, 1.807) is 0 Å². The number of aromatic nitrogens is 2. The lowest BCUT2D eigenvalue weighted by atomic mass is 10.0. The minimum atomic E-state index is 0.428. The smallest absolute Gasteiger partial charge is 0.123 e. The van der Waals surface area contributed by atoms with E-state index >= 15 is 0 Å². The van der Waals surface area contributed by atoms with Gasteiger partial charge in [0.05, 0.1) is 6.54 Å². The third-order valence-electron chi connectivity index (χ3n) is 4.19. The van der Waals surface area contributed by atoms with Gasteiger partial charge in [-0.05, 0) is 19.4 Å². The summed E-state index contributed by atoms with van der Waals surface area (Å²) in [7, 11) is 0. The number of benzene rings is 1. The van der Waals surface area contributed by atoms with Crippen LogP contribution in [0.5, 0.6) is 0 Å². The summed E-state index contributed by atoms with van der Waals surface area (Å²) in [6.07, 6.45) is 3.99. The molecule has 21 heavy (non-hydrogen) atoms. The summed E-state index contributed by atoms with van der Waals surface area (Å²) in [5.41, 5.74) is 1.38. The fourth-order valence-corrected chi connectivity index (χ4v) is 3.06. The Morgan fingerprint density at radius 1 is 1.29 bits per heavy atom. The van der Waals surface area contributed by atoms with Crippen LogP contribution in [-0.2, 0) is 6.54 Å². The van der Waals surface area contributed by atoms with E-state index in [2.05, 4.69) is 70.1 Å². The van der Waals surface area contributed by atoms with E-state index in [9.17, 15) is 0 Å². The van der Waals surface area contributed by atoms with Gasteiger partial charge in [0, 0.05) is 44.1 Å². The summed E-state index contributed by atoms with van der Waals surface area (Å²) in [6, 6.07) is 11.7. The first-order valence-electron chi connectivity index (χ1n) is 7.77. The average molecular weight is 284 g/mol. The summed E-state index contributed by atoms with van der Waals surface area (Å²) >= 11 is 0. The molecule has 112 valence electrons. The highest BCUT2D eigenvalue weighted by Crippen LogP contribution is 2.24. The predicted molar refractivity (Wildman–Crippen MR) is 85.1 cm³/mol. The highest BCUT2D eigenvalue weighted by molar-refractivity contribution is 5.20. The molecule has 1 atom stereocenters. The van der Waals surface area contributed by atoms with E-state index in [0.29, 0.717) is 12.1 Å². The van der Waals surface area contributed by atoms with Gasteiger partial charge < -0.3 is 9.88 Å². The van der Waals surface area contributed by atoms with Crippen LogP contribution >= 0.6 is 0 Å². The Kier molecular flexibility index (Phi) is 4.36. The lowest BCUT2D eigenvalue weighted by molar-refractivity contribution is 0.147. The molecule has 4 heteroatoms. The second-order valence-corrected chi connectivity index (χ2v) is 5.95. The Morgan fingerprint density at radius 2 is 2.10 bits per heavy atom. The highest BCUT2D eigenvalue weighted by Gasteiger charge is 2.24. The first kappa shape index (κ1) is 14.3. The third kappa shape index (κ3) is 3.17. The van der Waals surface area contributed by atoms with Crippen LogP contribution in [0.1, 0.15) is 37.3 Å². The van der Waals surface area contributed by atoms with E-state index in [1.165, 1.54) is 5.56 Å². The quantitative estimate of drug-likeness (QED) is 0.937. The largest absolute Gasteiger partial charge is 0.331 e. The second kappa shape index (κ2) is 6.41. The summed E-state index contributed by atoms with van der Waals surface area (Å²) in [4.78, 5) is 7.10. The van der Waals surface area contributed by atoms with Crippen molar-refractivity contribution in [2.45, 2.75) is 32.5 Å². The zero-order valence-electron chi connectivity index (χ0n) is 12.9. The number of nitrogens with zero attached hydrogens (tertiary/aromatic N) is 3. The molecule has 1 aliphatic heterocycles. The van der Waals surface area contributed by atoms with Gasteiger partial charge in [-0.3, -0.25) is 4.90 Å². The minimum Gasteiger partial charge on any atom is -0.331 e. The van der Waals surface area contributed by atoms with Crippen molar-refractivity contribution in [1.82, 2.24) is 19.8 Å². The van der Waals surface area contributed by atoms with Crippen LogP contribution in [0.4, 0.5) is 0 Å². The zero-order valence-corrected chi connectivity index (χ0v) is 12.9. The third-order valence-corrected chi connectivity index (χ3v) is 4.19. The van der Waals surface area contributed by atoms with Crippen LogP contribution < -0.4 is 5.32 Å². The first-order valence-corrected chi connectivity index (χ1v) is 7.77. The van der Waals surface area contributed by atoms with Crippen molar-refractivity contribution in [3.63, 3.8) is 0 Å². The van der Waals surface area contributed by atoms with Crippen molar-refractivity contribution in [1.29, 1.82) is 0 Å². The van der Waals surface area contributed by atoms with Crippen molar-refractivity contribution in [2.24, 2.45) is 0 Å². The average Bonchev–Trinajstić information content (AvgIpc) is 2.97. The standard InChI is InChI=1S/C17H24N4/c1-14(2)21-11-9-19-17(21)13-20-10-8-18-12-16(20)15-6-4-3-5-7-15/h3-7,9,11,14,16,18H,8,10,12-13H2,1-2H3/t16-/m1/s1. The Morgan fingerprint density at radius 3 is 2.86 bits per heavy atom. The Balaban J connectivity index is 1.80. The molecule has 0 radical (unpaired) electrons. The predicted octanol–water partition coefficient (Wildman–Crippen LogP) is 2.61. The fraction of sp³-hybridized carbons (Fsp3) is 0.471. The van der Waals surface area contributed by atoms with Crippen molar-refractivity contribution >= 4 is 0 Å². The highest BCUT2D eigenvalue weighted by atomic mass is 15.2. The normalized spacial score (nSPS) is 20.0. The molecule has 0 aliphatic carbocycles. The monoisotopic (exact) mass is 284 g/mol. The molecule has 4 nitrogen and oxygen atoms in total. The maximum absolute atomic E-state index is 4.56. The summed E-state index contributed by atoms with van der Waals surface area (Å²) in [5, 5.41) is 3.51. The molecule has 2 aromatic rings. The van der Waals surface area contributed by atoms with Gasteiger partial charge >= 0.3 is 0 Å². The number of hydrogen-bond donors (Lipinski definition) is 1. The molecule has 1 N–H and O–H groups in total. The molecule has 0 spiro atoms. The molecular weight excluding hydrogens is 260 g/mol. The minimum absolute atomic E-state index is 0.428. The van der Waals surface area contributed by atoms with Crippen molar-refractivity contribution in [3.8, 4) is 0 Å². The van der Waals surface area contributed by atoms with Gasteiger partial charge in [-0.2, -0.15) is 0 Å². The van der Waals surface area contributed by atoms with Gasteiger partial charge in [0.25, 0.3) is 0 Å². The van der Waals surface area contributed by atoms with E-state index in [1.807, 2.05) is 6.20 Å². The van der Waals surface area contributed by atoms with Crippen LogP contribution in [-0.4, -0.2) is 34.1 Å². The lowest BCUT2D eigenvalue weighted by Gasteiger charge is -2.36. The number of hydrogen-bond acceptors (Lipinski definition) is 3. The molecule has 0 unspecified atom stereocenters. The fourth-order valence-electron chi connectivity index (χ4n) is 3.06. The van der Waals surface area contributed by atoms with Gasteiger partial charge in [-0.15, -0.1) is 0 Å². The molecule has 0 amide bonds. The Bertz CT molecular complexity index is 561. The number of rotatable bonds is 4. The SMILES string of the molecule is CC(C)n1ccnc1CN1CCNC[C@@H]1c1ccccc1. The topological polar surface area (TPSA) is 33.1 Å². The van der Waals surface area contributed by atoms with E-state index in [-0.39, 0.29) is 0 Å². The number of piperazine rings is 1. The number of imidazole rings is 1. The van der Waals surface area contributed by atoms with Gasteiger partial charge in [-0.1, -0.05) is 30.3 Å². The van der Waals surface area contributed by atoms with Crippen LogP contribution in [0.3, 0.4) is 0 Å². The van der Waals surface area contributed by atoms with Gasteiger partial charge in [0.15, 0.2) is 0 Å². The van der Waals surface area contributed by atoms with E-state index < -0.39 is 0 Å². The van der Waals surface area contributed by atoms with Crippen molar-refractivity contribution < 1.29 is 0 Å². The number of nitrogens with one attached hydrogen (secondary N) is 1. The van der Waals surface area contributed by atoms with Crippen LogP contribution in [0.15, 0.2) is 42.7 Å². The van der Waals surface area contributed by atoms with Gasteiger partial charge in [0.1, 0.15) is 5.82 Å². The molecule has 2 heterocycles. The maximum Gasteiger partial charge on any atom is 0.123 e. The van der Waals surface area contributed by atoms with Crippen LogP contribution in [0.25, 0.3) is 0 Å². The molecule has 1 fully saturated rings. The van der Waals surface area contributed by atoms with Crippen LogP contribution in [0.2, 0.25) is 0 Å². The molecule has 0 bridgehead atoms.